The molecule has 84 valence electrons. The normalized spacial score (nSPS) is 10.4. The summed E-state index contributed by atoms with van der Waals surface area (Å²) >= 11 is 2.12. The van der Waals surface area contributed by atoms with Crippen molar-refractivity contribution in [3.8, 4) is 0 Å². The number of methoxy groups -OCH3 is 2. The summed E-state index contributed by atoms with van der Waals surface area (Å²) in [5, 5.41) is 3.80. The van der Waals surface area contributed by atoms with Crippen molar-refractivity contribution in [1.82, 2.24) is 9.59 Å². The molecule has 0 N–H and O–H groups in total. The summed E-state index contributed by atoms with van der Waals surface area (Å²) < 4.78 is 13.5. The number of hydrogen-bond acceptors (Lipinski definition) is 8. The Bertz CT molecular complexity index is 559. The topological polar surface area (TPSA) is 78.4 Å². The zero-order chi connectivity index (χ0) is 11.7. The molecule has 0 aliphatic carbocycles. The van der Waals surface area contributed by atoms with Crippen LogP contribution in [0.5, 0.6) is 0 Å². The lowest BCUT2D eigenvalue weighted by Crippen LogP contribution is -2.08. The standard InChI is InChI=1S/C8H6N2O4S2/c1-13-7(11)3-4-6(9-10-16-4)15-5(3)8(12)14-2/h1-2H3. The lowest BCUT2D eigenvalue weighted by atomic mass is 10.2. The van der Waals surface area contributed by atoms with Gasteiger partial charge in [0.05, 0.1) is 14.2 Å². The van der Waals surface area contributed by atoms with Crippen LogP contribution in [-0.2, 0) is 9.47 Å². The Balaban J connectivity index is 2.67. The van der Waals surface area contributed by atoms with Gasteiger partial charge in [0, 0.05) is 0 Å². The minimum absolute atomic E-state index is 0.185. The quantitative estimate of drug-likeness (QED) is 0.756. The van der Waals surface area contributed by atoms with E-state index in [1.807, 2.05) is 0 Å². The molecular weight excluding hydrogens is 252 g/mol. The highest BCUT2D eigenvalue weighted by Crippen LogP contribution is 2.33. The van der Waals surface area contributed by atoms with Gasteiger partial charge in [0.15, 0.2) is 4.83 Å². The van der Waals surface area contributed by atoms with Crippen LogP contribution in [0.25, 0.3) is 9.53 Å². The molecule has 16 heavy (non-hydrogen) atoms. The Labute approximate surface area is 98.0 Å². The minimum Gasteiger partial charge on any atom is -0.465 e. The lowest BCUT2D eigenvalue weighted by molar-refractivity contribution is 0.0562. The number of fused-ring (bicyclic) bond motifs is 1. The third-order valence-electron chi connectivity index (χ3n) is 1.87. The smallest absolute Gasteiger partial charge is 0.349 e. The molecule has 0 spiro atoms. The van der Waals surface area contributed by atoms with Crippen LogP contribution in [0.2, 0.25) is 0 Å². The molecule has 0 radical (unpaired) electrons. The number of nitrogens with zero attached hydrogens (tertiary/aromatic N) is 2. The van der Waals surface area contributed by atoms with Gasteiger partial charge in [-0.1, -0.05) is 4.49 Å². The van der Waals surface area contributed by atoms with Crippen molar-refractivity contribution in [3.05, 3.63) is 10.4 Å². The van der Waals surface area contributed by atoms with Crippen LogP contribution < -0.4 is 0 Å². The SMILES string of the molecule is COC(=O)c1sc2nnsc2c1C(=O)OC. The third kappa shape index (κ3) is 1.55. The van der Waals surface area contributed by atoms with Gasteiger partial charge in [-0.3, -0.25) is 0 Å². The summed E-state index contributed by atoms with van der Waals surface area (Å²) in [7, 11) is 2.50. The van der Waals surface area contributed by atoms with Gasteiger partial charge in [-0.15, -0.1) is 16.4 Å². The van der Waals surface area contributed by atoms with Crippen molar-refractivity contribution < 1.29 is 19.1 Å². The fourth-order valence-corrected chi connectivity index (χ4v) is 3.05. The number of hydrogen-bond donors (Lipinski definition) is 0. The first-order chi connectivity index (χ1) is 7.69. The maximum absolute atomic E-state index is 11.6. The van der Waals surface area contributed by atoms with Gasteiger partial charge in [-0.05, 0) is 11.5 Å². The van der Waals surface area contributed by atoms with Crippen LogP contribution in [0.15, 0.2) is 0 Å². The fourth-order valence-electron chi connectivity index (χ4n) is 1.18. The molecule has 6 nitrogen and oxygen atoms in total. The van der Waals surface area contributed by atoms with E-state index in [2.05, 4.69) is 19.1 Å². The van der Waals surface area contributed by atoms with Gasteiger partial charge >= 0.3 is 11.9 Å². The second kappa shape index (κ2) is 4.14. The molecule has 0 bridgehead atoms. The zero-order valence-electron chi connectivity index (χ0n) is 8.34. The van der Waals surface area contributed by atoms with E-state index >= 15 is 0 Å². The van der Waals surface area contributed by atoms with Gasteiger partial charge in [0.2, 0.25) is 0 Å². The van der Waals surface area contributed by atoms with E-state index in [1.165, 1.54) is 14.2 Å². The second-order valence-corrected chi connectivity index (χ2v) is 4.45. The molecule has 0 amide bonds. The molecule has 0 fully saturated rings. The van der Waals surface area contributed by atoms with Gasteiger partial charge < -0.3 is 9.47 Å². The zero-order valence-corrected chi connectivity index (χ0v) is 9.98. The molecule has 0 aromatic carbocycles. The van der Waals surface area contributed by atoms with Crippen molar-refractivity contribution in [2.75, 3.05) is 14.2 Å². The van der Waals surface area contributed by atoms with Gasteiger partial charge in [-0.2, -0.15) is 0 Å². The summed E-state index contributed by atoms with van der Waals surface area (Å²) in [6.07, 6.45) is 0. The summed E-state index contributed by atoms with van der Waals surface area (Å²) in [5.41, 5.74) is 0.185. The van der Waals surface area contributed by atoms with Crippen LogP contribution in [0.3, 0.4) is 0 Å². The largest absolute Gasteiger partial charge is 0.465 e. The van der Waals surface area contributed by atoms with Crippen LogP contribution in [0, 0.1) is 0 Å². The predicted molar refractivity (Wildman–Crippen MR) is 58.0 cm³/mol. The highest BCUT2D eigenvalue weighted by atomic mass is 32.1. The van der Waals surface area contributed by atoms with Crippen LogP contribution in [0.4, 0.5) is 0 Å². The highest BCUT2D eigenvalue weighted by Gasteiger charge is 2.27. The molecule has 2 heterocycles. The molecule has 0 unspecified atom stereocenters. The van der Waals surface area contributed by atoms with Crippen LogP contribution >= 0.6 is 22.9 Å². The van der Waals surface area contributed by atoms with Gasteiger partial charge in [-0.25, -0.2) is 9.59 Å². The molecule has 0 aliphatic heterocycles. The molecule has 0 saturated carbocycles. The molecule has 2 aromatic rings. The van der Waals surface area contributed by atoms with E-state index < -0.39 is 11.9 Å². The van der Waals surface area contributed by atoms with E-state index in [-0.39, 0.29) is 10.4 Å². The molecule has 8 heteroatoms. The highest BCUT2D eigenvalue weighted by molar-refractivity contribution is 7.26. The summed E-state index contributed by atoms with van der Waals surface area (Å²) in [4.78, 5) is 23.7. The Morgan fingerprint density at radius 3 is 2.50 bits per heavy atom. The number of ether oxygens (including phenoxy) is 2. The van der Waals surface area contributed by atoms with E-state index in [0.717, 1.165) is 22.9 Å². The second-order valence-electron chi connectivity index (χ2n) is 2.70. The Kier molecular flexibility index (Phi) is 2.84. The number of thiophene rings is 1. The number of esters is 2. The Morgan fingerprint density at radius 2 is 1.88 bits per heavy atom. The summed E-state index contributed by atoms with van der Waals surface area (Å²) in [6, 6.07) is 0. The van der Waals surface area contributed by atoms with Gasteiger partial charge in [0.25, 0.3) is 0 Å². The van der Waals surface area contributed by atoms with E-state index in [9.17, 15) is 9.59 Å². The number of carbonyl (C=O) groups is 2. The number of rotatable bonds is 2. The summed E-state index contributed by atoms with van der Waals surface area (Å²) in [5.74, 6) is -1.16. The van der Waals surface area contributed by atoms with Crippen molar-refractivity contribution in [2.45, 2.75) is 0 Å². The average molecular weight is 258 g/mol. The maximum Gasteiger partial charge on any atom is 0.349 e. The predicted octanol–water partition coefficient (Wildman–Crippen LogP) is 1.33. The van der Waals surface area contributed by atoms with Crippen molar-refractivity contribution in [2.24, 2.45) is 0 Å². The summed E-state index contributed by atoms with van der Waals surface area (Å²) in [6.45, 7) is 0. The lowest BCUT2D eigenvalue weighted by Gasteiger charge is -1.99. The Hall–Kier alpha value is -1.54. The molecule has 2 aromatic heterocycles. The van der Waals surface area contributed by atoms with Crippen molar-refractivity contribution >= 4 is 44.3 Å². The first-order valence-electron chi connectivity index (χ1n) is 4.10. The first kappa shape index (κ1) is 11.0. The van der Waals surface area contributed by atoms with Crippen molar-refractivity contribution in [3.63, 3.8) is 0 Å². The van der Waals surface area contributed by atoms with Crippen LogP contribution in [-0.4, -0.2) is 35.7 Å². The Morgan fingerprint density at radius 1 is 1.19 bits per heavy atom. The number of carbonyl (C=O) groups excluding carboxylic acids is 2. The van der Waals surface area contributed by atoms with Gasteiger partial charge in [0.1, 0.15) is 15.1 Å². The van der Waals surface area contributed by atoms with E-state index in [1.54, 1.807) is 0 Å². The van der Waals surface area contributed by atoms with E-state index in [4.69, 9.17) is 0 Å². The molecule has 0 aliphatic rings. The molecule has 2 rings (SSSR count). The monoisotopic (exact) mass is 258 g/mol. The third-order valence-corrected chi connectivity index (χ3v) is 3.80. The average Bonchev–Trinajstić information content (AvgIpc) is 2.86. The van der Waals surface area contributed by atoms with Crippen LogP contribution in [0.1, 0.15) is 20.0 Å². The maximum atomic E-state index is 11.6. The molecule has 0 saturated heterocycles. The fraction of sp³-hybridized carbons (Fsp3) is 0.250. The molecule has 0 atom stereocenters. The van der Waals surface area contributed by atoms with E-state index in [0.29, 0.717) is 9.53 Å². The molecular formula is C8H6N2O4S2. The van der Waals surface area contributed by atoms with Crippen molar-refractivity contribution in [1.29, 1.82) is 0 Å². The number of aromatic nitrogens is 2. The first-order valence-corrected chi connectivity index (χ1v) is 5.69. The minimum atomic E-state index is -0.585.